The van der Waals surface area contributed by atoms with Gasteiger partial charge >= 0.3 is 5.97 Å². The maximum absolute atomic E-state index is 11.2. The Balaban J connectivity index is 3.48. The Morgan fingerprint density at radius 2 is 2.23 bits per heavy atom. The van der Waals surface area contributed by atoms with Gasteiger partial charge in [-0.25, -0.2) is 4.79 Å². The zero-order chi connectivity index (χ0) is 10.0. The number of H-pyrrole nitrogens is 1. The maximum atomic E-state index is 11.2. The van der Waals surface area contributed by atoms with E-state index in [9.17, 15) is 9.59 Å². The fourth-order valence-corrected chi connectivity index (χ4v) is 1.70. The first-order valence-electron chi connectivity index (χ1n) is 3.57. The molecule has 0 atom stereocenters. The first-order chi connectivity index (χ1) is 6.06. The third-order valence-electron chi connectivity index (χ3n) is 1.57. The SMILES string of the molecule is CSc1cc(C)[nH]c(=O)c1C(=O)O. The minimum atomic E-state index is -1.19. The summed E-state index contributed by atoms with van der Waals surface area (Å²) in [5.74, 6) is -1.19. The minimum absolute atomic E-state index is 0.182. The van der Waals surface area contributed by atoms with E-state index in [1.54, 1.807) is 19.2 Å². The summed E-state index contributed by atoms with van der Waals surface area (Å²) in [4.78, 5) is 24.8. The molecule has 0 spiro atoms. The van der Waals surface area contributed by atoms with Crippen molar-refractivity contribution >= 4 is 17.7 Å². The number of aryl methyl sites for hydroxylation is 1. The summed E-state index contributed by atoms with van der Waals surface area (Å²) < 4.78 is 0. The molecule has 4 nitrogen and oxygen atoms in total. The maximum Gasteiger partial charge on any atom is 0.342 e. The van der Waals surface area contributed by atoms with Crippen molar-refractivity contribution in [1.82, 2.24) is 4.98 Å². The number of pyridine rings is 1. The van der Waals surface area contributed by atoms with Gasteiger partial charge in [-0.15, -0.1) is 11.8 Å². The molecule has 1 rings (SSSR count). The molecule has 2 N–H and O–H groups in total. The molecule has 0 fully saturated rings. The zero-order valence-electron chi connectivity index (χ0n) is 7.25. The fourth-order valence-electron chi connectivity index (χ4n) is 1.02. The molecule has 5 heteroatoms. The number of nitrogens with one attached hydrogen (secondary N) is 1. The van der Waals surface area contributed by atoms with E-state index in [2.05, 4.69) is 4.98 Å². The molecule has 0 aliphatic rings. The second-order valence-electron chi connectivity index (χ2n) is 2.53. The van der Waals surface area contributed by atoms with Crippen molar-refractivity contribution in [3.05, 3.63) is 27.7 Å². The summed E-state index contributed by atoms with van der Waals surface area (Å²) in [7, 11) is 0. The van der Waals surface area contributed by atoms with E-state index < -0.39 is 11.5 Å². The third kappa shape index (κ3) is 1.92. The lowest BCUT2D eigenvalue weighted by molar-refractivity contribution is 0.0691. The molecule has 0 bridgehead atoms. The summed E-state index contributed by atoms with van der Waals surface area (Å²) in [5.41, 5.74) is -0.0608. The standard InChI is InChI=1S/C8H9NO3S/c1-4-3-5(13-2)6(8(11)12)7(10)9-4/h3H,1-2H3,(H,9,10)(H,11,12). The molecular weight excluding hydrogens is 190 g/mol. The summed E-state index contributed by atoms with van der Waals surface area (Å²) >= 11 is 1.25. The van der Waals surface area contributed by atoms with E-state index in [0.29, 0.717) is 10.6 Å². The summed E-state index contributed by atoms with van der Waals surface area (Å²) in [6.45, 7) is 1.72. The van der Waals surface area contributed by atoms with Crippen LogP contribution in [0, 0.1) is 6.92 Å². The number of hydrogen-bond acceptors (Lipinski definition) is 3. The molecule has 0 aliphatic heterocycles. The number of thioether (sulfide) groups is 1. The number of hydrogen-bond donors (Lipinski definition) is 2. The Labute approximate surface area is 79.0 Å². The van der Waals surface area contributed by atoms with Crippen LogP contribution in [0.1, 0.15) is 16.1 Å². The highest BCUT2D eigenvalue weighted by molar-refractivity contribution is 7.98. The summed E-state index contributed by atoms with van der Waals surface area (Å²) in [6, 6.07) is 1.65. The quantitative estimate of drug-likeness (QED) is 0.700. The molecule has 1 aromatic heterocycles. The smallest absolute Gasteiger partial charge is 0.342 e. The van der Waals surface area contributed by atoms with Gasteiger partial charge in [0, 0.05) is 10.6 Å². The lowest BCUT2D eigenvalue weighted by Crippen LogP contribution is -2.19. The largest absolute Gasteiger partial charge is 0.477 e. The average molecular weight is 199 g/mol. The second kappa shape index (κ2) is 3.66. The molecule has 0 amide bonds. The number of aromatic carboxylic acids is 1. The molecule has 0 aliphatic carbocycles. The predicted octanol–water partition coefficient (Wildman–Crippen LogP) is 1.10. The van der Waals surface area contributed by atoms with Gasteiger partial charge < -0.3 is 10.1 Å². The van der Waals surface area contributed by atoms with E-state index in [-0.39, 0.29) is 5.56 Å². The Morgan fingerprint density at radius 3 is 2.69 bits per heavy atom. The van der Waals surface area contributed by atoms with Crippen molar-refractivity contribution in [2.45, 2.75) is 11.8 Å². The number of aromatic nitrogens is 1. The number of rotatable bonds is 2. The third-order valence-corrected chi connectivity index (χ3v) is 2.33. The van der Waals surface area contributed by atoms with E-state index in [0.717, 1.165) is 0 Å². The van der Waals surface area contributed by atoms with Crippen molar-refractivity contribution in [2.24, 2.45) is 0 Å². The van der Waals surface area contributed by atoms with Gasteiger partial charge in [0.2, 0.25) is 0 Å². The van der Waals surface area contributed by atoms with Crippen molar-refractivity contribution in [3.8, 4) is 0 Å². The van der Waals surface area contributed by atoms with Crippen LogP contribution in [0.25, 0.3) is 0 Å². The number of carboxylic acids is 1. The number of aromatic amines is 1. The highest BCUT2D eigenvalue weighted by Crippen LogP contribution is 2.17. The Kier molecular flexibility index (Phi) is 2.77. The second-order valence-corrected chi connectivity index (χ2v) is 3.38. The van der Waals surface area contributed by atoms with Crippen LogP contribution in [0.3, 0.4) is 0 Å². The lowest BCUT2D eigenvalue weighted by atomic mass is 10.2. The summed E-state index contributed by atoms with van der Waals surface area (Å²) in [6.07, 6.45) is 1.74. The van der Waals surface area contributed by atoms with Gasteiger partial charge in [0.05, 0.1) is 0 Å². The van der Waals surface area contributed by atoms with Crippen LogP contribution in [-0.2, 0) is 0 Å². The average Bonchev–Trinajstić information content (AvgIpc) is 2.01. The van der Waals surface area contributed by atoms with Crippen molar-refractivity contribution in [3.63, 3.8) is 0 Å². The van der Waals surface area contributed by atoms with Gasteiger partial charge in [0.25, 0.3) is 5.56 Å². The van der Waals surface area contributed by atoms with Gasteiger partial charge in [-0.05, 0) is 19.2 Å². The molecule has 0 saturated carbocycles. The van der Waals surface area contributed by atoms with Crippen molar-refractivity contribution in [1.29, 1.82) is 0 Å². The van der Waals surface area contributed by atoms with E-state index in [4.69, 9.17) is 5.11 Å². The first kappa shape index (κ1) is 9.85. The van der Waals surface area contributed by atoms with Crippen LogP contribution in [0.2, 0.25) is 0 Å². The molecule has 0 saturated heterocycles. The Morgan fingerprint density at radius 1 is 1.62 bits per heavy atom. The molecule has 70 valence electrons. The van der Waals surface area contributed by atoms with E-state index in [1.807, 2.05) is 0 Å². The normalized spacial score (nSPS) is 10.0. The molecular formula is C8H9NO3S. The van der Waals surface area contributed by atoms with Crippen LogP contribution in [0.5, 0.6) is 0 Å². The predicted molar refractivity (Wildman–Crippen MR) is 50.5 cm³/mol. The van der Waals surface area contributed by atoms with Crippen LogP contribution >= 0.6 is 11.8 Å². The van der Waals surface area contributed by atoms with E-state index in [1.165, 1.54) is 11.8 Å². The molecule has 13 heavy (non-hydrogen) atoms. The molecule has 0 radical (unpaired) electrons. The minimum Gasteiger partial charge on any atom is -0.477 e. The highest BCUT2D eigenvalue weighted by atomic mass is 32.2. The highest BCUT2D eigenvalue weighted by Gasteiger charge is 2.14. The van der Waals surface area contributed by atoms with Crippen LogP contribution in [0.15, 0.2) is 15.8 Å². The molecule has 0 aromatic carbocycles. The summed E-state index contributed by atoms with van der Waals surface area (Å²) in [5, 5.41) is 8.74. The van der Waals surface area contributed by atoms with Gasteiger partial charge in [0.15, 0.2) is 0 Å². The molecule has 0 unspecified atom stereocenters. The van der Waals surface area contributed by atoms with Crippen molar-refractivity contribution in [2.75, 3.05) is 6.26 Å². The first-order valence-corrected chi connectivity index (χ1v) is 4.80. The van der Waals surface area contributed by atoms with Crippen LogP contribution < -0.4 is 5.56 Å². The zero-order valence-corrected chi connectivity index (χ0v) is 8.07. The Hall–Kier alpha value is -1.23. The van der Waals surface area contributed by atoms with Crippen LogP contribution in [-0.4, -0.2) is 22.3 Å². The van der Waals surface area contributed by atoms with Gasteiger partial charge in [-0.3, -0.25) is 4.79 Å². The topological polar surface area (TPSA) is 70.2 Å². The number of carboxylic acid groups (broad SMARTS) is 1. The van der Waals surface area contributed by atoms with Gasteiger partial charge in [0.1, 0.15) is 5.56 Å². The van der Waals surface area contributed by atoms with Gasteiger partial charge in [-0.1, -0.05) is 0 Å². The van der Waals surface area contributed by atoms with Crippen LogP contribution in [0.4, 0.5) is 0 Å². The Bertz CT molecular complexity index is 397. The molecule has 1 heterocycles. The van der Waals surface area contributed by atoms with E-state index >= 15 is 0 Å². The monoisotopic (exact) mass is 199 g/mol. The fraction of sp³-hybridized carbons (Fsp3) is 0.250. The molecule has 1 aromatic rings. The van der Waals surface area contributed by atoms with Crippen molar-refractivity contribution < 1.29 is 9.90 Å². The lowest BCUT2D eigenvalue weighted by Gasteiger charge is -2.02. The number of carbonyl (C=O) groups is 1. The van der Waals surface area contributed by atoms with Gasteiger partial charge in [-0.2, -0.15) is 0 Å².